The smallest absolute Gasteiger partial charge is 0.145 e. The summed E-state index contributed by atoms with van der Waals surface area (Å²) in [6.45, 7) is 2.25. The highest BCUT2D eigenvalue weighted by Crippen LogP contribution is 2.02. The number of aliphatic hydroxyl groups is 2. The van der Waals surface area contributed by atoms with Crippen LogP contribution in [0.15, 0.2) is 30.3 Å². The zero-order chi connectivity index (χ0) is 8.65. The molecule has 1 aromatic rings. The molecule has 2 nitrogen and oxygen atoms in total. The summed E-state index contributed by atoms with van der Waals surface area (Å²) in [7, 11) is 0. The molecule has 0 aliphatic carbocycles. The normalized spacial score (nSPS) is 15.0. The van der Waals surface area contributed by atoms with Crippen LogP contribution in [-0.4, -0.2) is 23.1 Å². The Kier molecular flexibility index (Phi) is 4.24. The molecule has 0 radical (unpaired) electrons. The maximum Gasteiger partial charge on any atom is 0.145 e. The van der Waals surface area contributed by atoms with Gasteiger partial charge < -0.3 is 9.84 Å². The number of ether oxygens (including phenoxy) is 1. The number of para-hydroxylation sites is 1. The van der Waals surface area contributed by atoms with Gasteiger partial charge in [0.2, 0.25) is 0 Å². The number of hydrogen-bond donors (Lipinski definition) is 1. The van der Waals surface area contributed by atoms with Gasteiger partial charge in [0.15, 0.2) is 0 Å². The molecule has 0 aromatic heterocycles. The molecule has 0 atom stereocenters. The Morgan fingerprint density at radius 3 is 1.83 bits per heavy atom. The second-order valence-electron chi connectivity index (χ2n) is 2.71. The van der Waals surface area contributed by atoms with E-state index in [2.05, 4.69) is 4.74 Å². The van der Waals surface area contributed by atoms with E-state index in [0.717, 1.165) is 13.2 Å². The van der Waals surface area contributed by atoms with Crippen LogP contribution in [0.1, 0.15) is 12.8 Å². The van der Waals surface area contributed by atoms with Gasteiger partial charge in [-0.05, 0) is 12.1 Å². The molecule has 1 aliphatic rings. The van der Waals surface area contributed by atoms with Crippen molar-refractivity contribution in [3.05, 3.63) is 30.3 Å². The third-order valence-corrected chi connectivity index (χ3v) is 1.64. The lowest BCUT2D eigenvalue weighted by Gasteiger charge is -1.82. The van der Waals surface area contributed by atoms with Crippen LogP contribution >= 0.6 is 0 Å². The van der Waals surface area contributed by atoms with Gasteiger partial charge in [0.05, 0.1) is 0 Å². The van der Waals surface area contributed by atoms with Crippen molar-refractivity contribution < 1.29 is 9.84 Å². The van der Waals surface area contributed by atoms with Gasteiger partial charge in [0.1, 0.15) is 19.0 Å². The number of rotatable bonds is 0. The van der Waals surface area contributed by atoms with E-state index in [4.69, 9.17) is 5.11 Å². The van der Waals surface area contributed by atoms with E-state index in [1.54, 1.807) is 24.3 Å². The molecule has 0 saturated carbocycles. The Morgan fingerprint density at radius 1 is 1.00 bits per heavy atom. The molecule has 2 rings (SSSR count). The monoisotopic (exact) mass is 167 g/mol. The second kappa shape index (κ2) is 5.61. The predicted molar refractivity (Wildman–Crippen MR) is 49.3 cm³/mol. The van der Waals surface area contributed by atoms with Gasteiger partial charge in [-0.2, -0.15) is 0 Å². The molecule has 2 N–H and O–H groups in total. The summed E-state index contributed by atoms with van der Waals surface area (Å²) >= 11 is 0. The Morgan fingerprint density at radius 2 is 1.58 bits per heavy atom. The van der Waals surface area contributed by atoms with Crippen molar-refractivity contribution in [2.75, 3.05) is 13.2 Å². The summed E-state index contributed by atoms with van der Waals surface area (Å²) in [4.78, 5) is 0. The van der Waals surface area contributed by atoms with Crippen molar-refractivity contribution >= 4 is 0 Å². The molecule has 66 valence electrons. The third kappa shape index (κ3) is 3.98. The largest absolute Gasteiger partial charge is 0.508 e. The third-order valence-electron chi connectivity index (χ3n) is 1.64. The van der Waals surface area contributed by atoms with E-state index in [-0.39, 0.29) is 0 Å². The minimum absolute atomic E-state index is 0.322. The molecule has 12 heavy (non-hydrogen) atoms. The van der Waals surface area contributed by atoms with Gasteiger partial charge in [0.25, 0.3) is 0 Å². The van der Waals surface area contributed by atoms with E-state index in [9.17, 15) is 0 Å². The minimum atomic E-state index is 0.322. The zero-order valence-electron chi connectivity index (χ0n) is 7.11. The fourth-order valence-corrected chi connectivity index (χ4v) is 0.987. The molecule has 1 heterocycles. The SMILES string of the molecule is C1CC[OH+]C1.Oc1ccccc1. The molecular weight excluding hydrogens is 152 g/mol. The summed E-state index contributed by atoms with van der Waals surface area (Å²) < 4.78 is 4.08. The lowest BCUT2D eigenvalue weighted by molar-refractivity contribution is 0.0102. The minimum Gasteiger partial charge on any atom is -0.508 e. The standard InChI is InChI=1S/C6H6O.C4H8O/c7-6-4-2-1-3-5-6;1-2-4-5-3-1/h1-5,7H;1-4H2/p+1. The van der Waals surface area contributed by atoms with E-state index in [1.165, 1.54) is 12.8 Å². The van der Waals surface area contributed by atoms with Crippen LogP contribution in [0.3, 0.4) is 0 Å². The molecule has 0 unspecified atom stereocenters. The van der Waals surface area contributed by atoms with Gasteiger partial charge >= 0.3 is 0 Å². The first-order chi connectivity index (χ1) is 5.89. The molecule has 2 heteroatoms. The maximum atomic E-state index is 8.63. The van der Waals surface area contributed by atoms with Crippen LogP contribution in [0.2, 0.25) is 0 Å². The van der Waals surface area contributed by atoms with Crippen LogP contribution in [0.5, 0.6) is 5.75 Å². The number of benzene rings is 1. The summed E-state index contributed by atoms with van der Waals surface area (Å²) in [5.41, 5.74) is 0. The molecule has 0 amide bonds. The van der Waals surface area contributed by atoms with Crippen molar-refractivity contribution in [3.8, 4) is 5.75 Å². The summed E-state index contributed by atoms with van der Waals surface area (Å²) in [5, 5.41) is 8.63. The highest BCUT2D eigenvalue weighted by atomic mass is 16.5. The number of aromatic hydroxyl groups is 1. The lowest BCUT2D eigenvalue weighted by Crippen LogP contribution is -1.83. The molecule has 0 bridgehead atoms. The Labute approximate surface area is 72.8 Å². The first-order valence-corrected chi connectivity index (χ1v) is 4.27. The van der Waals surface area contributed by atoms with Crippen molar-refractivity contribution in [1.82, 2.24) is 0 Å². The average molecular weight is 167 g/mol. The highest BCUT2D eigenvalue weighted by molar-refractivity contribution is 5.18. The first kappa shape index (κ1) is 9.07. The van der Waals surface area contributed by atoms with Gasteiger partial charge in [0, 0.05) is 12.8 Å². The molecule has 1 fully saturated rings. The molecule has 1 saturated heterocycles. The van der Waals surface area contributed by atoms with E-state index < -0.39 is 0 Å². The first-order valence-electron chi connectivity index (χ1n) is 4.27. The molecule has 0 spiro atoms. The number of hydrogen-bond acceptors (Lipinski definition) is 1. The molecule has 1 aromatic carbocycles. The van der Waals surface area contributed by atoms with Crippen LogP contribution in [0, 0.1) is 0 Å². The Hall–Kier alpha value is -1.02. The Bertz CT molecular complexity index is 185. The lowest BCUT2D eigenvalue weighted by atomic mass is 10.3. The topological polar surface area (TPSA) is 33.0 Å². The van der Waals surface area contributed by atoms with Crippen LogP contribution in [0.25, 0.3) is 0 Å². The fourth-order valence-electron chi connectivity index (χ4n) is 0.987. The van der Waals surface area contributed by atoms with Gasteiger partial charge in [-0.25, -0.2) is 0 Å². The number of phenols is 1. The quantitative estimate of drug-likeness (QED) is 0.586. The van der Waals surface area contributed by atoms with Crippen LogP contribution in [-0.2, 0) is 0 Å². The zero-order valence-corrected chi connectivity index (χ0v) is 7.11. The van der Waals surface area contributed by atoms with Gasteiger partial charge in [-0.15, -0.1) is 0 Å². The van der Waals surface area contributed by atoms with Crippen molar-refractivity contribution in [3.63, 3.8) is 0 Å². The maximum absolute atomic E-state index is 8.63. The molecular formula is C10H15O2+. The summed E-state index contributed by atoms with van der Waals surface area (Å²) in [6.07, 6.45) is 2.67. The van der Waals surface area contributed by atoms with Crippen molar-refractivity contribution in [2.24, 2.45) is 0 Å². The van der Waals surface area contributed by atoms with Crippen molar-refractivity contribution in [2.45, 2.75) is 12.8 Å². The van der Waals surface area contributed by atoms with Crippen LogP contribution < -0.4 is 0 Å². The fraction of sp³-hybridized carbons (Fsp3) is 0.400. The molecule has 1 aliphatic heterocycles. The van der Waals surface area contributed by atoms with E-state index >= 15 is 0 Å². The average Bonchev–Trinajstić information content (AvgIpc) is 2.62. The number of phenolic OH excluding ortho intramolecular Hbond substituents is 1. The summed E-state index contributed by atoms with van der Waals surface area (Å²) in [5.74, 6) is 0.322. The Balaban J connectivity index is 0.000000127. The van der Waals surface area contributed by atoms with Crippen molar-refractivity contribution in [1.29, 1.82) is 0 Å². The highest BCUT2D eigenvalue weighted by Gasteiger charge is 2.00. The van der Waals surface area contributed by atoms with Crippen LogP contribution in [0.4, 0.5) is 0 Å². The van der Waals surface area contributed by atoms with E-state index in [1.807, 2.05) is 6.07 Å². The van der Waals surface area contributed by atoms with Gasteiger partial charge in [-0.1, -0.05) is 18.2 Å². The van der Waals surface area contributed by atoms with Gasteiger partial charge in [-0.3, -0.25) is 0 Å². The van der Waals surface area contributed by atoms with E-state index in [0.29, 0.717) is 5.75 Å². The predicted octanol–water partition coefficient (Wildman–Crippen LogP) is 1.70. The summed E-state index contributed by atoms with van der Waals surface area (Å²) in [6, 6.07) is 8.71. The second-order valence-corrected chi connectivity index (χ2v) is 2.71.